The van der Waals surface area contributed by atoms with Gasteiger partial charge in [-0.25, -0.2) is 4.79 Å². The Balaban J connectivity index is 2.00. The lowest BCUT2D eigenvalue weighted by atomic mass is 9.72. The zero-order valence-corrected chi connectivity index (χ0v) is 19.9. The van der Waals surface area contributed by atoms with Crippen LogP contribution in [0.1, 0.15) is 70.3 Å². The van der Waals surface area contributed by atoms with E-state index in [9.17, 15) is 9.59 Å². The van der Waals surface area contributed by atoms with Crippen LogP contribution in [-0.4, -0.2) is 51.3 Å². The average molecular weight is 433 g/mol. The van der Waals surface area contributed by atoms with E-state index < -0.39 is 6.09 Å². The van der Waals surface area contributed by atoms with Crippen molar-refractivity contribution < 1.29 is 19.1 Å². The van der Waals surface area contributed by atoms with Crippen LogP contribution in [0.2, 0.25) is 0 Å². The van der Waals surface area contributed by atoms with Crippen LogP contribution in [-0.2, 0) is 9.53 Å². The molecule has 2 atom stereocenters. The Hall–Kier alpha value is -2.08. The molecule has 1 aromatic rings. The van der Waals surface area contributed by atoms with Crippen LogP contribution in [0.15, 0.2) is 24.3 Å². The number of carbonyl (C=O) groups is 2. The van der Waals surface area contributed by atoms with Crippen LogP contribution in [0.25, 0.3) is 0 Å². The molecule has 1 aromatic carbocycles. The molecule has 2 rings (SSSR count). The maximum absolute atomic E-state index is 12.5. The number of rotatable bonds is 10. The van der Waals surface area contributed by atoms with E-state index in [1.165, 1.54) is 19.1 Å². The Morgan fingerprint density at radius 3 is 2.52 bits per heavy atom. The largest absolute Gasteiger partial charge is 0.469 e. The van der Waals surface area contributed by atoms with E-state index in [4.69, 9.17) is 9.47 Å². The minimum Gasteiger partial charge on any atom is -0.469 e. The van der Waals surface area contributed by atoms with E-state index >= 15 is 0 Å². The molecule has 6 nitrogen and oxygen atoms in total. The van der Waals surface area contributed by atoms with Crippen molar-refractivity contribution in [2.45, 2.75) is 64.7 Å². The number of amides is 1. The second-order valence-corrected chi connectivity index (χ2v) is 9.38. The molecule has 174 valence electrons. The molecule has 0 aliphatic heterocycles. The van der Waals surface area contributed by atoms with E-state index in [1.807, 2.05) is 18.2 Å². The molecule has 0 spiro atoms. The molecular formula is C25H40N2O4. The standard InChI is InChI=1S/C25H40N2O4/c1-6-22(19(2)17-27(3)4)20-11-10-12-21(15-20)31-24(29)26-18-25(16-23(28)30-5)13-8-7-9-14-25/h10-12,15,19,22H,6-9,13-14,16-18H2,1-5H3,(H,26,29)/t19-,22-/m0/s1. The highest BCUT2D eigenvalue weighted by atomic mass is 16.6. The monoisotopic (exact) mass is 432 g/mol. The number of carbonyl (C=O) groups excluding carboxylic acids is 2. The van der Waals surface area contributed by atoms with Gasteiger partial charge in [-0.3, -0.25) is 4.79 Å². The van der Waals surface area contributed by atoms with E-state index in [2.05, 4.69) is 44.2 Å². The molecule has 0 unspecified atom stereocenters. The SMILES string of the molecule is CC[C@H](c1cccc(OC(=O)NCC2(CC(=O)OC)CCCCC2)c1)[C@@H](C)CN(C)C. The van der Waals surface area contributed by atoms with Crippen molar-refractivity contribution in [1.29, 1.82) is 0 Å². The number of hydrogen-bond donors (Lipinski definition) is 1. The van der Waals surface area contributed by atoms with E-state index in [0.717, 1.165) is 38.6 Å². The summed E-state index contributed by atoms with van der Waals surface area (Å²) in [6.45, 7) is 5.89. The number of methoxy groups -OCH3 is 1. The number of benzene rings is 1. The predicted molar refractivity (Wildman–Crippen MR) is 123 cm³/mol. The van der Waals surface area contributed by atoms with Gasteiger partial charge >= 0.3 is 12.1 Å². The third-order valence-electron chi connectivity index (χ3n) is 6.55. The first-order valence-electron chi connectivity index (χ1n) is 11.6. The number of hydrogen-bond acceptors (Lipinski definition) is 5. The van der Waals surface area contributed by atoms with Gasteiger partial charge in [-0.1, -0.05) is 45.2 Å². The van der Waals surface area contributed by atoms with Gasteiger partial charge in [0.2, 0.25) is 0 Å². The molecule has 1 aliphatic carbocycles. The van der Waals surface area contributed by atoms with Gasteiger partial charge < -0.3 is 19.7 Å². The quantitative estimate of drug-likeness (QED) is 0.528. The number of nitrogens with zero attached hydrogens (tertiary/aromatic N) is 1. The Morgan fingerprint density at radius 2 is 1.90 bits per heavy atom. The number of ether oxygens (including phenoxy) is 2. The molecule has 31 heavy (non-hydrogen) atoms. The topological polar surface area (TPSA) is 67.9 Å². The second kappa shape index (κ2) is 12.1. The fraction of sp³-hybridized carbons (Fsp3) is 0.680. The molecule has 1 fully saturated rings. The molecular weight excluding hydrogens is 392 g/mol. The third kappa shape index (κ3) is 7.84. The summed E-state index contributed by atoms with van der Waals surface area (Å²) in [4.78, 5) is 26.6. The highest BCUT2D eigenvalue weighted by molar-refractivity contribution is 5.72. The predicted octanol–water partition coefficient (Wildman–Crippen LogP) is 4.98. The Labute approximate surface area is 187 Å². The molecule has 0 bridgehead atoms. The minimum absolute atomic E-state index is 0.220. The van der Waals surface area contributed by atoms with Crippen LogP contribution in [0.3, 0.4) is 0 Å². The van der Waals surface area contributed by atoms with Crippen molar-refractivity contribution in [2.24, 2.45) is 11.3 Å². The first-order chi connectivity index (χ1) is 14.8. The normalized spacial score (nSPS) is 17.6. The van der Waals surface area contributed by atoms with Crippen LogP contribution in [0, 0.1) is 11.3 Å². The molecule has 1 saturated carbocycles. The van der Waals surface area contributed by atoms with Crippen LogP contribution >= 0.6 is 0 Å². The summed E-state index contributed by atoms with van der Waals surface area (Å²) in [5.41, 5.74) is 0.956. The van der Waals surface area contributed by atoms with Crippen LogP contribution in [0.4, 0.5) is 4.79 Å². The van der Waals surface area contributed by atoms with Crippen molar-refractivity contribution in [3.05, 3.63) is 29.8 Å². The molecule has 0 radical (unpaired) electrons. The van der Waals surface area contributed by atoms with E-state index in [1.54, 1.807) is 0 Å². The van der Waals surface area contributed by atoms with Gasteiger partial charge in [0.15, 0.2) is 0 Å². The van der Waals surface area contributed by atoms with Gasteiger partial charge in [0.25, 0.3) is 0 Å². The molecule has 6 heteroatoms. The zero-order valence-electron chi connectivity index (χ0n) is 19.9. The van der Waals surface area contributed by atoms with Gasteiger partial charge in [-0.15, -0.1) is 0 Å². The maximum Gasteiger partial charge on any atom is 0.412 e. The summed E-state index contributed by atoms with van der Waals surface area (Å²) in [7, 11) is 5.59. The van der Waals surface area contributed by atoms with Crippen molar-refractivity contribution in [1.82, 2.24) is 10.2 Å². The smallest absolute Gasteiger partial charge is 0.412 e. The lowest BCUT2D eigenvalue weighted by Crippen LogP contribution is -2.41. The zero-order chi connectivity index (χ0) is 22.9. The van der Waals surface area contributed by atoms with Gasteiger partial charge in [0.1, 0.15) is 5.75 Å². The van der Waals surface area contributed by atoms with E-state index in [-0.39, 0.29) is 11.4 Å². The van der Waals surface area contributed by atoms with E-state index in [0.29, 0.717) is 30.6 Å². The maximum atomic E-state index is 12.5. The van der Waals surface area contributed by atoms with Crippen molar-refractivity contribution in [3.63, 3.8) is 0 Å². The molecule has 0 aromatic heterocycles. The second-order valence-electron chi connectivity index (χ2n) is 9.38. The van der Waals surface area contributed by atoms with Crippen molar-refractivity contribution in [3.8, 4) is 5.75 Å². The lowest BCUT2D eigenvalue weighted by Gasteiger charge is -2.36. The summed E-state index contributed by atoms with van der Waals surface area (Å²) >= 11 is 0. The Bertz CT molecular complexity index is 713. The average Bonchev–Trinajstić information content (AvgIpc) is 2.73. The molecule has 0 heterocycles. The summed E-state index contributed by atoms with van der Waals surface area (Å²) in [6.07, 6.45) is 6.03. The molecule has 0 saturated heterocycles. The third-order valence-corrected chi connectivity index (χ3v) is 6.55. The van der Waals surface area contributed by atoms with Gasteiger partial charge in [-0.2, -0.15) is 0 Å². The van der Waals surface area contributed by atoms with Gasteiger partial charge in [0.05, 0.1) is 13.5 Å². The fourth-order valence-electron chi connectivity index (χ4n) is 4.98. The summed E-state index contributed by atoms with van der Waals surface area (Å²) in [5.74, 6) is 1.23. The number of nitrogens with one attached hydrogen (secondary N) is 1. The Kier molecular flexibility index (Phi) is 9.82. The first kappa shape index (κ1) is 25.2. The van der Waals surface area contributed by atoms with Gasteiger partial charge in [-0.05, 0) is 68.3 Å². The van der Waals surface area contributed by atoms with Crippen molar-refractivity contribution >= 4 is 12.1 Å². The molecule has 1 aliphatic rings. The highest BCUT2D eigenvalue weighted by Gasteiger charge is 2.35. The fourth-order valence-corrected chi connectivity index (χ4v) is 4.98. The molecule has 1 N–H and O–H groups in total. The highest BCUT2D eigenvalue weighted by Crippen LogP contribution is 2.39. The van der Waals surface area contributed by atoms with Crippen molar-refractivity contribution in [2.75, 3.05) is 34.3 Å². The lowest BCUT2D eigenvalue weighted by molar-refractivity contribution is -0.144. The Morgan fingerprint density at radius 1 is 1.19 bits per heavy atom. The van der Waals surface area contributed by atoms with Crippen LogP contribution < -0.4 is 10.1 Å². The summed E-state index contributed by atoms with van der Waals surface area (Å²) < 4.78 is 10.5. The van der Waals surface area contributed by atoms with Gasteiger partial charge in [0, 0.05) is 13.1 Å². The number of esters is 1. The van der Waals surface area contributed by atoms with Crippen LogP contribution in [0.5, 0.6) is 5.75 Å². The summed E-state index contributed by atoms with van der Waals surface area (Å²) in [6, 6.07) is 7.85. The first-order valence-corrected chi connectivity index (χ1v) is 11.6. The minimum atomic E-state index is -0.471. The summed E-state index contributed by atoms with van der Waals surface area (Å²) in [5, 5.41) is 2.91. The molecule has 1 amide bonds.